The summed E-state index contributed by atoms with van der Waals surface area (Å²) in [6, 6.07) is 9.62. The number of benzene rings is 2. The van der Waals surface area contributed by atoms with Crippen LogP contribution in [0.3, 0.4) is 0 Å². The van der Waals surface area contributed by atoms with Gasteiger partial charge in [0.25, 0.3) is 0 Å². The van der Waals surface area contributed by atoms with Crippen molar-refractivity contribution in [3.63, 3.8) is 0 Å². The number of hydrogen-bond donors (Lipinski definition) is 1. The summed E-state index contributed by atoms with van der Waals surface area (Å²) in [6.45, 7) is 13.0. The molecule has 1 aliphatic rings. The van der Waals surface area contributed by atoms with Gasteiger partial charge in [-0.1, -0.05) is 17.3 Å². The Kier molecular flexibility index (Phi) is 11.3. The van der Waals surface area contributed by atoms with Crippen molar-refractivity contribution in [3.8, 4) is 0 Å². The zero-order chi connectivity index (χ0) is 29.6. The lowest BCUT2D eigenvalue weighted by molar-refractivity contribution is -0.138. The summed E-state index contributed by atoms with van der Waals surface area (Å²) in [5.74, 6) is -0.381. The van der Waals surface area contributed by atoms with Gasteiger partial charge in [0.1, 0.15) is 0 Å². The van der Waals surface area contributed by atoms with Gasteiger partial charge in [0, 0.05) is 49.9 Å². The van der Waals surface area contributed by atoms with Crippen LogP contribution in [0.5, 0.6) is 0 Å². The Morgan fingerprint density at radius 1 is 1.05 bits per heavy atom. The molecule has 1 aliphatic carbocycles. The van der Waals surface area contributed by atoms with E-state index in [0.717, 1.165) is 62.0 Å². The van der Waals surface area contributed by atoms with E-state index in [-0.39, 0.29) is 31.1 Å². The number of fused-ring (bicyclic) bond motifs is 1. The van der Waals surface area contributed by atoms with Crippen LogP contribution in [0, 0.1) is 13.5 Å². The Morgan fingerprint density at radius 3 is 2.36 bits per heavy atom. The summed E-state index contributed by atoms with van der Waals surface area (Å²) in [4.78, 5) is 18.4. The number of rotatable bonds is 12. The maximum Gasteiger partial charge on any atom is 0.415 e. The van der Waals surface area contributed by atoms with E-state index < -0.39 is 17.7 Å². The number of carboxylic acid groups (broad SMARTS) is 1. The molecule has 0 saturated carbocycles. The predicted octanol–water partition coefficient (Wildman–Crippen LogP) is 8.14. The van der Waals surface area contributed by atoms with Crippen molar-refractivity contribution in [1.29, 1.82) is 0 Å². The van der Waals surface area contributed by atoms with Gasteiger partial charge in [-0.25, -0.2) is 4.85 Å². The van der Waals surface area contributed by atoms with Crippen LogP contribution in [-0.2, 0) is 36.9 Å². The molecule has 1 heterocycles. The molecule has 0 atom stereocenters. The molecule has 0 saturated heterocycles. The van der Waals surface area contributed by atoms with E-state index in [2.05, 4.69) is 34.0 Å². The number of anilines is 2. The number of alkyl halides is 3. The van der Waals surface area contributed by atoms with E-state index in [0.29, 0.717) is 36.7 Å². The first-order valence-electron chi connectivity index (χ1n) is 14.0. The van der Waals surface area contributed by atoms with Crippen molar-refractivity contribution in [1.82, 2.24) is 5.16 Å². The molecule has 0 radical (unpaired) electrons. The highest BCUT2D eigenvalue weighted by Gasteiger charge is 2.31. The number of aryl methyl sites for hydroxylation is 3. The fourth-order valence-corrected chi connectivity index (χ4v) is 5.40. The number of nitrogens with zero attached hydrogens (tertiary/aromatic N) is 4. The van der Waals surface area contributed by atoms with Crippen LogP contribution in [-0.4, -0.2) is 29.3 Å². The Bertz CT molecular complexity index is 1420. The van der Waals surface area contributed by atoms with Gasteiger partial charge in [0.05, 0.1) is 12.3 Å². The van der Waals surface area contributed by atoms with Crippen molar-refractivity contribution >= 4 is 35.6 Å². The molecule has 4 rings (SSSR count). The number of carboxylic acids is 1. The largest absolute Gasteiger partial charge is 0.481 e. The fourth-order valence-electron chi connectivity index (χ4n) is 5.40. The molecule has 0 amide bonds. The summed E-state index contributed by atoms with van der Waals surface area (Å²) in [5.41, 5.74) is 4.70. The monoisotopic (exact) mass is 604 g/mol. The van der Waals surface area contributed by atoms with Crippen LogP contribution in [0.1, 0.15) is 72.5 Å². The van der Waals surface area contributed by atoms with E-state index in [1.165, 1.54) is 17.2 Å². The number of hydrogen-bond acceptors (Lipinski definition) is 5. The van der Waals surface area contributed by atoms with Gasteiger partial charge in [-0.3, -0.25) is 4.79 Å². The minimum atomic E-state index is -4.57. The first-order chi connectivity index (χ1) is 19.6. The molecular weight excluding hydrogens is 569 g/mol. The van der Waals surface area contributed by atoms with Crippen molar-refractivity contribution in [2.45, 2.75) is 78.1 Å². The van der Waals surface area contributed by atoms with E-state index in [4.69, 9.17) is 16.2 Å². The molecule has 2 aromatic carbocycles. The minimum Gasteiger partial charge on any atom is -0.481 e. The second kappa shape index (κ2) is 14.5. The quantitative estimate of drug-likeness (QED) is 0.166. The molecule has 0 aliphatic heterocycles. The van der Waals surface area contributed by atoms with Gasteiger partial charge < -0.3 is 19.4 Å². The Morgan fingerprint density at radius 2 is 1.76 bits per heavy atom. The van der Waals surface area contributed by atoms with Gasteiger partial charge in [-0.05, 0) is 92.8 Å². The predicted molar refractivity (Wildman–Crippen MR) is 159 cm³/mol. The summed E-state index contributed by atoms with van der Waals surface area (Å²) in [7, 11) is 0. The Hall–Kier alpha value is -3.71. The SMILES string of the molecule is Cl.[C-]#[N+]c1cc(CN(Cc2cc3c(cc2N(CC)CCCCC(=O)O)CCCC3)c2cc(C)no2)cc(C(F)(F)F)c1. The lowest BCUT2D eigenvalue weighted by Crippen LogP contribution is -2.28. The van der Waals surface area contributed by atoms with Crippen LogP contribution in [0.15, 0.2) is 40.9 Å². The second-order valence-corrected chi connectivity index (χ2v) is 10.5. The molecule has 226 valence electrons. The van der Waals surface area contributed by atoms with Gasteiger partial charge in [0.15, 0.2) is 5.69 Å². The second-order valence-electron chi connectivity index (χ2n) is 10.5. The summed E-state index contributed by atoms with van der Waals surface area (Å²) >= 11 is 0. The van der Waals surface area contributed by atoms with Crippen molar-refractivity contribution in [2.75, 3.05) is 22.9 Å². The normalized spacial score (nSPS) is 12.7. The highest BCUT2D eigenvalue weighted by Crippen LogP contribution is 2.35. The smallest absolute Gasteiger partial charge is 0.415 e. The molecule has 7 nitrogen and oxygen atoms in total. The Labute approximate surface area is 250 Å². The number of unbranched alkanes of at least 4 members (excludes halogenated alkanes) is 1. The average Bonchev–Trinajstić information content (AvgIpc) is 3.38. The molecule has 0 unspecified atom stereocenters. The van der Waals surface area contributed by atoms with E-state index in [9.17, 15) is 18.0 Å². The van der Waals surface area contributed by atoms with Crippen LogP contribution in [0.2, 0.25) is 0 Å². The molecule has 42 heavy (non-hydrogen) atoms. The van der Waals surface area contributed by atoms with Crippen LogP contribution < -0.4 is 9.80 Å². The van der Waals surface area contributed by atoms with E-state index in [1.54, 1.807) is 13.0 Å². The third kappa shape index (κ3) is 8.41. The number of aromatic nitrogens is 1. The van der Waals surface area contributed by atoms with Crippen molar-refractivity contribution < 1.29 is 27.6 Å². The number of halogens is 4. The van der Waals surface area contributed by atoms with Crippen LogP contribution in [0.4, 0.5) is 30.4 Å². The lowest BCUT2D eigenvalue weighted by atomic mass is 9.89. The summed E-state index contributed by atoms with van der Waals surface area (Å²) in [6.07, 6.45) is 1.05. The van der Waals surface area contributed by atoms with E-state index in [1.807, 2.05) is 4.90 Å². The van der Waals surface area contributed by atoms with Gasteiger partial charge in [-0.15, -0.1) is 12.4 Å². The maximum absolute atomic E-state index is 13.6. The molecule has 1 N–H and O–H groups in total. The molecule has 1 aromatic heterocycles. The van der Waals surface area contributed by atoms with Crippen molar-refractivity contribution in [2.24, 2.45) is 0 Å². The highest BCUT2D eigenvalue weighted by atomic mass is 35.5. The topological polar surface area (TPSA) is 74.2 Å². The van der Waals surface area contributed by atoms with Crippen molar-refractivity contribution in [3.05, 3.63) is 81.3 Å². The Balaban J connectivity index is 0.00000484. The zero-order valence-corrected chi connectivity index (χ0v) is 24.7. The molecule has 3 aromatic rings. The molecule has 11 heteroatoms. The fraction of sp³-hybridized carbons (Fsp3) is 0.452. The minimum absolute atomic E-state index is 0. The van der Waals surface area contributed by atoms with Crippen LogP contribution in [0.25, 0.3) is 4.85 Å². The molecular formula is C31H36ClF3N4O3. The molecule has 0 spiro atoms. The molecule has 0 fully saturated rings. The zero-order valence-electron chi connectivity index (χ0n) is 23.8. The lowest BCUT2D eigenvalue weighted by Gasteiger charge is -2.31. The van der Waals surface area contributed by atoms with Gasteiger partial charge >= 0.3 is 12.1 Å². The standard InChI is InChI=1S/C31H35F3N4O3.ClH/c1-4-37(12-8-7-11-30(39)40)28-17-24-10-6-5-9-23(24)16-25(28)20-38(29-13-21(2)36-41-29)19-22-14-26(31(32,33)34)18-27(15-22)35-3;/h13-18H,4-12,19-20H2,1-2H3,(H,39,40);1H. The first kappa shape index (κ1) is 32.8. The number of aliphatic carboxylic acids is 1. The van der Waals surface area contributed by atoms with E-state index >= 15 is 0 Å². The summed E-state index contributed by atoms with van der Waals surface area (Å²) < 4.78 is 46.5. The number of carbonyl (C=O) groups is 1. The maximum atomic E-state index is 13.6. The third-order valence-electron chi connectivity index (χ3n) is 7.43. The van der Waals surface area contributed by atoms with Gasteiger partial charge in [-0.2, -0.15) is 13.2 Å². The van der Waals surface area contributed by atoms with Gasteiger partial charge in [0.2, 0.25) is 5.88 Å². The first-order valence-corrected chi connectivity index (χ1v) is 14.0. The molecule has 0 bridgehead atoms. The average molecular weight is 605 g/mol. The summed E-state index contributed by atoms with van der Waals surface area (Å²) in [5, 5.41) is 13.1. The van der Waals surface area contributed by atoms with Crippen LogP contribution >= 0.6 is 12.4 Å². The third-order valence-corrected chi connectivity index (χ3v) is 7.43. The highest BCUT2D eigenvalue weighted by molar-refractivity contribution is 5.85.